The van der Waals surface area contributed by atoms with Crippen molar-refractivity contribution < 1.29 is 15.0 Å². The molecule has 4 aliphatic rings. The molecule has 0 atom stereocenters. The minimum absolute atomic E-state index is 0.0518. The van der Waals surface area contributed by atoms with Crippen LogP contribution in [0.15, 0.2) is 47.2 Å². The summed E-state index contributed by atoms with van der Waals surface area (Å²) in [6.07, 6.45) is 25.6. The van der Waals surface area contributed by atoms with E-state index in [-0.39, 0.29) is 16.6 Å². The molecule has 4 fully saturated rings. The maximum atomic E-state index is 15.1. The van der Waals surface area contributed by atoms with Crippen LogP contribution in [0.1, 0.15) is 207 Å². The Labute approximate surface area is 382 Å². The molecule has 8 rings (SSSR count). The first-order valence-corrected chi connectivity index (χ1v) is 26.5. The van der Waals surface area contributed by atoms with Gasteiger partial charge in [0.15, 0.2) is 0 Å². The summed E-state index contributed by atoms with van der Waals surface area (Å²) < 4.78 is 0. The third kappa shape index (κ3) is 10.1. The summed E-state index contributed by atoms with van der Waals surface area (Å²) in [7, 11) is 0. The number of thiophene rings is 2. The van der Waals surface area contributed by atoms with Gasteiger partial charge < -0.3 is 10.2 Å². The molecule has 0 bridgehead atoms. The van der Waals surface area contributed by atoms with E-state index >= 15 is 4.79 Å². The lowest BCUT2D eigenvalue weighted by atomic mass is 9.82. The number of hydrogen-bond acceptors (Lipinski definition) is 7. The second-order valence-electron chi connectivity index (χ2n) is 21.7. The summed E-state index contributed by atoms with van der Waals surface area (Å²) in [4.78, 5) is 22.2. The van der Waals surface area contributed by atoms with Crippen molar-refractivity contribution in [2.75, 3.05) is 0 Å². The molecule has 4 saturated carbocycles. The van der Waals surface area contributed by atoms with Crippen LogP contribution in [0.4, 0.5) is 0 Å². The molecule has 2 heterocycles. The van der Waals surface area contributed by atoms with Gasteiger partial charge in [-0.2, -0.15) is 0 Å². The molecule has 0 radical (unpaired) electrons. The maximum absolute atomic E-state index is 15.1. The lowest BCUT2D eigenvalue weighted by Crippen LogP contribution is -2.44. The first kappa shape index (κ1) is 45.6. The van der Waals surface area contributed by atoms with Gasteiger partial charge in [-0.1, -0.05) is 119 Å². The van der Waals surface area contributed by atoms with E-state index in [4.69, 9.17) is 0 Å². The highest BCUT2D eigenvalue weighted by atomic mass is 32.1. The van der Waals surface area contributed by atoms with Gasteiger partial charge in [-0.05, 0) is 120 Å². The largest absolute Gasteiger partial charge is 0.507 e. The van der Waals surface area contributed by atoms with E-state index in [2.05, 4.69) is 98.5 Å². The van der Waals surface area contributed by atoms with Gasteiger partial charge in [0.2, 0.25) is 5.78 Å². The third-order valence-corrected chi connectivity index (χ3v) is 17.1. The van der Waals surface area contributed by atoms with Gasteiger partial charge in [0.1, 0.15) is 11.5 Å². The highest BCUT2D eigenvalue weighted by molar-refractivity contribution is 7.16. The van der Waals surface area contributed by atoms with Gasteiger partial charge in [0.05, 0.1) is 9.75 Å². The minimum Gasteiger partial charge on any atom is -0.507 e. The summed E-state index contributed by atoms with van der Waals surface area (Å²) >= 11 is 3.06. The van der Waals surface area contributed by atoms with E-state index in [1.807, 2.05) is 0 Å². The molecule has 2 aromatic heterocycles. The zero-order valence-corrected chi connectivity index (χ0v) is 40.6. The fraction of sp³-hybridized carbons (Fsp3) is 0.618. The SMILES string of the molecule is CC(C)(C)c1cc(-c2ccsc2C(=O)c2sccc2-c2cc(CN(C3CCCCC3)C3CCCCC3)c(O)c(C(C)(C)C)c2)cc(CN(C2CCCCC2)C2CCCCC2)c1O. The highest BCUT2D eigenvalue weighted by Gasteiger charge is 2.34. The van der Waals surface area contributed by atoms with Crippen LogP contribution in [0.25, 0.3) is 22.3 Å². The molecule has 0 unspecified atom stereocenters. The normalized spacial score (nSPS) is 19.5. The topological polar surface area (TPSA) is 64.0 Å². The van der Waals surface area contributed by atoms with Crippen molar-refractivity contribution in [3.8, 4) is 33.8 Å². The number of phenols is 2. The molecule has 2 aromatic carbocycles. The van der Waals surface area contributed by atoms with Gasteiger partial charge in [-0.25, -0.2) is 0 Å². The zero-order valence-electron chi connectivity index (χ0n) is 39.0. The van der Waals surface area contributed by atoms with Crippen molar-refractivity contribution in [1.29, 1.82) is 0 Å². The van der Waals surface area contributed by atoms with E-state index in [9.17, 15) is 10.2 Å². The van der Waals surface area contributed by atoms with Gasteiger partial charge in [-0.3, -0.25) is 14.6 Å². The number of carbonyl (C=O) groups excluding carboxylic acids is 1. The Morgan fingerprint density at radius 1 is 0.516 bits per heavy atom. The number of carbonyl (C=O) groups is 1. The van der Waals surface area contributed by atoms with E-state index < -0.39 is 0 Å². The van der Waals surface area contributed by atoms with E-state index in [1.165, 1.54) is 151 Å². The first-order valence-electron chi connectivity index (χ1n) is 24.7. The summed E-state index contributed by atoms with van der Waals surface area (Å²) in [5.41, 5.74) is 7.26. The zero-order chi connectivity index (χ0) is 43.6. The van der Waals surface area contributed by atoms with Gasteiger partial charge in [0, 0.05) is 70.6 Å². The van der Waals surface area contributed by atoms with Crippen LogP contribution in [0.2, 0.25) is 0 Å². The smallest absolute Gasteiger partial charge is 0.214 e. The monoisotopic (exact) mass is 877 g/mol. The van der Waals surface area contributed by atoms with E-state index in [0.717, 1.165) is 67.4 Å². The second kappa shape index (κ2) is 19.6. The second-order valence-corrected chi connectivity index (χ2v) is 23.6. The van der Waals surface area contributed by atoms with Crippen LogP contribution in [0, 0.1) is 0 Å². The number of ketones is 1. The average Bonchev–Trinajstić information content (AvgIpc) is 3.97. The predicted octanol–water partition coefficient (Wildman–Crippen LogP) is 15.3. The van der Waals surface area contributed by atoms with Crippen molar-refractivity contribution in [2.45, 2.75) is 218 Å². The first-order chi connectivity index (χ1) is 29.8. The standard InChI is InChI=1S/C55H76N2O3S2/c1-54(2,3)47-33-37(31-39(49(47)58)35-56(41-19-11-7-12-20-41)42-21-13-8-14-22-42)45-27-29-61-52(45)51(60)53-46(28-30-62-53)38-32-40(50(59)48(34-38)55(4,5)6)36-57(43-23-15-9-16-24-43)44-25-17-10-18-26-44/h27-34,41-44,58-59H,7-26,35-36H2,1-6H3. The predicted molar refractivity (Wildman–Crippen MR) is 262 cm³/mol. The molecular formula is C55H76N2O3S2. The molecule has 0 spiro atoms. The number of rotatable bonds is 12. The summed E-state index contributed by atoms with van der Waals surface area (Å²) in [6, 6.07) is 15.2. The van der Waals surface area contributed by atoms with Crippen LogP contribution in [-0.2, 0) is 23.9 Å². The summed E-state index contributed by atoms with van der Waals surface area (Å²) in [5, 5.41) is 28.3. The highest BCUT2D eigenvalue weighted by Crippen LogP contribution is 2.45. The fourth-order valence-corrected chi connectivity index (χ4v) is 13.6. The molecule has 4 aliphatic carbocycles. The lowest BCUT2D eigenvalue weighted by Gasteiger charge is -2.42. The molecule has 336 valence electrons. The van der Waals surface area contributed by atoms with E-state index in [1.54, 1.807) is 0 Å². The molecule has 0 saturated heterocycles. The number of benzene rings is 2. The average molecular weight is 877 g/mol. The lowest BCUT2D eigenvalue weighted by molar-refractivity contribution is 0.0723. The Kier molecular flexibility index (Phi) is 14.4. The minimum atomic E-state index is -0.276. The van der Waals surface area contributed by atoms with Crippen molar-refractivity contribution in [3.63, 3.8) is 0 Å². The Hall–Kier alpha value is -2.97. The summed E-state index contributed by atoms with van der Waals surface area (Å²) in [5.74, 6) is 0.894. The number of nitrogens with zero attached hydrogens (tertiary/aromatic N) is 2. The molecule has 7 heteroatoms. The molecule has 2 N–H and O–H groups in total. The van der Waals surface area contributed by atoms with Gasteiger partial charge in [-0.15, -0.1) is 22.7 Å². The van der Waals surface area contributed by atoms with Gasteiger partial charge in [0.25, 0.3) is 0 Å². The molecular weight excluding hydrogens is 801 g/mol. The van der Waals surface area contributed by atoms with Crippen molar-refractivity contribution in [1.82, 2.24) is 9.80 Å². The number of phenolic OH excluding ortho intramolecular Hbond substituents is 2. The maximum Gasteiger partial charge on any atom is 0.214 e. The Morgan fingerprint density at radius 3 is 1.11 bits per heavy atom. The van der Waals surface area contributed by atoms with Crippen LogP contribution >= 0.6 is 22.7 Å². The molecule has 62 heavy (non-hydrogen) atoms. The molecule has 5 nitrogen and oxygen atoms in total. The van der Waals surface area contributed by atoms with Crippen molar-refractivity contribution in [3.05, 3.63) is 79.2 Å². The van der Waals surface area contributed by atoms with Crippen LogP contribution in [-0.4, -0.2) is 50.0 Å². The van der Waals surface area contributed by atoms with Crippen molar-refractivity contribution >= 4 is 28.5 Å². The van der Waals surface area contributed by atoms with Gasteiger partial charge >= 0.3 is 0 Å². The Morgan fingerprint density at radius 2 is 0.823 bits per heavy atom. The van der Waals surface area contributed by atoms with Crippen LogP contribution in [0.5, 0.6) is 11.5 Å². The molecule has 4 aromatic rings. The number of aromatic hydroxyl groups is 2. The third-order valence-electron chi connectivity index (χ3n) is 15.2. The van der Waals surface area contributed by atoms with E-state index in [0.29, 0.717) is 35.7 Å². The molecule has 0 amide bonds. The summed E-state index contributed by atoms with van der Waals surface area (Å²) in [6.45, 7) is 14.6. The van der Waals surface area contributed by atoms with Crippen LogP contribution in [0.3, 0.4) is 0 Å². The van der Waals surface area contributed by atoms with Crippen LogP contribution < -0.4 is 0 Å². The number of hydrogen-bond donors (Lipinski definition) is 2. The van der Waals surface area contributed by atoms with Crippen molar-refractivity contribution in [2.24, 2.45) is 0 Å². The fourth-order valence-electron chi connectivity index (χ4n) is 11.8. The molecule has 0 aliphatic heterocycles. The quantitative estimate of drug-likeness (QED) is 0.139. The Bertz CT molecular complexity index is 1940. The Balaban J connectivity index is 1.15.